The average molecular weight is 445 g/mol. The summed E-state index contributed by atoms with van der Waals surface area (Å²) in [7, 11) is -3.38. The van der Waals surface area contributed by atoms with E-state index in [0.717, 1.165) is 29.7 Å². The summed E-state index contributed by atoms with van der Waals surface area (Å²) in [5, 5.41) is 6.38. The molecule has 158 valence electrons. The highest BCUT2D eigenvalue weighted by Crippen LogP contribution is 2.26. The third kappa shape index (κ3) is 7.75. The molecule has 0 saturated carbocycles. The minimum Gasteiger partial charge on any atom is -0.491 e. The number of thiazole rings is 1. The van der Waals surface area contributed by atoms with Gasteiger partial charge in [-0.2, -0.15) is 0 Å². The summed E-state index contributed by atoms with van der Waals surface area (Å²) in [5.41, 5.74) is 0.545. The number of carbonyl (C=O) groups is 2. The van der Waals surface area contributed by atoms with Crippen molar-refractivity contribution in [2.75, 3.05) is 23.5 Å². The van der Waals surface area contributed by atoms with E-state index in [-0.39, 0.29) is 29.0 Å². The van der Waals surface area contributed by atoms with E-state index in [1.165, 1.54) is 6.07 Å². The van der Waals surface area contributed by atoms with E-state index >= 15 is 0 Å². The lowest BCUT2D eigenvalue weighted by Crippen LogP contribution is -2.29. The van der Waals surface area contributed by atoms with Crippen LogP contribution in [0, 0.1) is 11.7 Å². The first-order valence-corrected chi connectivity index (χ1v) is 11.2. The third-order valence-corrected chi connectivity index (χ3v) is 4.73. The van der Waals surface area contributed by atoms with Crippen molar-refractivity contribution in [2.24, 2.45) is 5.92 Å². The van der Waals surface area contributed by atoms with Gasteiger partial charge in [-0.1, -0.05) is 13.8 Å². The standard InChI is InChI=1S/C17H21FN4O5S2/c1-10(2)8-27-14-6-11(18)4-5-13(14)21-15(23)16(24)22-17-20-12(9-28-17)7-19-29(3,25)26/h4-6,9-10,19H,7-8H2,1-3H3,(H,21,23)(H,20,22,24). The Kier molecular flexibility index (Phi) is 7.65. The number of ether oxygens (including phenoxy) is 1. The second-order valence-electron chi connectivity index (χ2n) is 6.49. The van der Waals surface area contributed by atoms with E-state index in [2.05, 4.69) is 20.3 Å². The maximum absolute atomic E-state index is 13.5. The van der Waals surface area contributed by atoms with Crippen LogP contribution in [0.25, 0.3) is 0 Å². The smallest absolute Gasteiger partial charge is 0.315 e. The number of hydrogen-bond acceptors (Lipinski definition) is 7. The summed E-state index contributed by atoms with van der Waals surface area (Å²) in [6.45, 7) is 4.10. The predicted molar refractivity (Wildman–Crippen MR) is 108 cm³/mol. The Hall–Kier alpha value is -2.57. The van der Waals surface area contributed by atoms with E-state index in [4.69, 9.17) is 4.74 Å². The van der Waals surface area contributed by atoms with Gasteiger partial charge in [-0.3, -0.25) is 14.9 Å². The molecule has 1 aromatic heterocycles. The number of halogens is 1. The molecular weight excluding hydrogens is 423 g/mol. The molecule has 0 aliphatic carbocycles. The number of aromatic nitrogens is 1. The van der Waals surface area contributed by atoms with Crippen LogP contribution in [0.3, 0.4) is 0 Å². The molecule has 1 heterocycles. The number of sulfonamides is 1. The molecule has 0 aliphatic heterocycles. The summed E-state index contributed by atoms with van der Waals surface area (Å²) in [5.74, 6) is -2.22. The number of amides is 2. The van der Waals surface area contributed by atoms with Crippen molar-refractivity contribution < 1.29 is 27.1 Å². The van der Waals surface area contributed by atoms with Crippen molar-refractivity contribution in [3.8, 4) is 5.75 Å². The first-order valence-electron chi connectivity index (χ1n) is 8.47. The van der Waals surface area contributed by atoms with Crippen molar-refractivity contribution in [3.63, 3.8) is 0 Å². The van der Waals surface area contributed by atoms with Gasteiger partial charge in [0, 0.05) is 11.4 Å². The Morgan fingerprint density at radius 2 is 1.93 bits per heavy atom. The Labute approximate surface area is 171 Å². The minimum absolute atomic E-state index is 0.0382. The predicted octanol–water partition coefficient (Wildman–Crippen LogP) is 1.94. The van der Waals surface area contributed by atoms with Crippen LogP contribution in [0.2, 0.25) is 0 Å². The lowest BCUT2D eigenvalue weighted by atomic mass is 10.2. The lowest BCUT2D eigenvalue weighted by Gasteiger charge is -2.13. The molecule has 0 radical (unpaired) electrons. The van der Waals surface area contributed by atoms with E-state index in [1.807, 2.05) is 13.8 Å². The lowest BCUT2D eigenvalue weighted by molar-refractivity contribution is -0.133. The average Bonchev–Trinajstić information content (AvgIpc) is 3.06. The second-order valence-corrected chi connectivity index (χ2v) is 9.18. The number of carbonyl (C=O) groups excluding carboxylic acids is 2. The molecular formula is C17H21FN4O5S2. The van der Waals surface area contributed by atoms with Gasteiger partial charge in [0.25, 0.3) is 0 Å². The van der Waals surface area contributed by atoms with Crippen molar-refractivity contribution in [2.45, 2.75) is 20.4 Å². The van der Waals surface area contributed by atoms with Crippen molar-refractivity contribution in [1.29, 1.82) is 0 Å². The van der Waals surface area contributed by atoms with Crippen LogP contribution < -0.4 is 20.1 Å². The highest BCUT2D eigenvalue weighted by atomic mass is 32.2. The number of nitrogens with zero attached hydrogens (tertiary/aromatic N) is 1. The summed E-state index contributed by atoms with van der Waals surface area (Å²) >= 11 is 1.04. The Morgan fingerprint density at radius 1 is 1.24 bits per heavy atom. The van der Waals surface area contributed by atoms with Crippen LogP contribution in [-0.4, -0.2) is 38.1 Å². The molecule has 0 bridgehead atoms. The molecule has 0 aliphatic rings. The second kappa shape index (κ2) is 9.76. The van der Waals surface area contributed by atoms with Crippen LogP contribution in [0.1, 0.15) is 19.5 Å². The number of benzene rings is 1. The molecule has 29 heavy (non-hydrogen) atoms. The van der Waals surface area contributed by atoms with Crippen LogP contribution in [-0.2, 0) is 26.2 Å². The molecule has 0 atom stereocenters. The molecule has 2 rings (SSSR count). The normalized spacial score (nSPS) is 11.3. The van der Waals surface area contributed by atoms with E-state index in [9.17, 15) is 22.4 Å². The van der Waals surface area contributed by atoms with Crippen molar-refractivity contribution in [1.82, 2.24) is 9.71 Å². The number of hydrogen-bond donors (Lipinski definition) is 3. The molecule has 2 amide bonds. The minimum atomic E-state index is -3.38. The van der Waals surface area contributed by atoms with Crippen LogP contribution >= 0.6 is 11.3 Å². The first kappa shape index (κ1) is 22.7. The SMILES string of the molecule is CC(C)COc1cc(F)ccc1NC(=O)C(=O)Nc1nc(CNS(C)(=O)=O)cs1. The number of anilines is 2. The number of rotatable bonds is 8. The van der Waals surface area contributed by atoms with Crippen molar-refractivity contribution in [3.05, 3.63) is 35.1 Å². The van der Waals surface area contributed by atoms with Crippen LogP contribution in [0.15, 0.2) is 23.6 Å². The van der Waals surface area contributed by atoms with Gasteiger partial charge < -0.3 is 10.1 Å². The van der Waals surface area contributed by atoms with Gasteiger partial charge in [-0.05, 0) is 18.1 Å². The van der Waals surface area contributed by atoms with E-state index in [0.29, 0.717) is 12.3 Å². The molecule has 0 unspecified atom stereocenters. The summed E-state index contributed by atoms with van der Waals surface area (Å²) in [6.07, 6.45) is 1.01. The molecule has 0 fully saturated rings. The molecule has 3 N–H and O–H groups in total. The van der Waals surface area contributed by atoms with Gasteiger partial charge in [-0.15, -0.1) is 11.3 Å². The van der Waals surface area contributed by atoms with Gasteiger partial charge in [0.05, 0.1) is 30.8 Å². The molecule has 12 heteroatoms. The Morgan fingerprint density at radius 3 is 2.59 bits per heavy atom. The maximum Gasteiger partial charge on any atom is 0.315 e. The third-order valence-electron chi connectivity index (χ3n) is 3.26. The van der Waals surface area contributed by atoms with Gasteiger partial charge in [-0.25, -0.2) is 22.5 Å². The van der Waals surface area contributed by atoms with E-state index < -0.39 is 27.7 Å². The zero-order chi connectivity index (χ0) is 21.6. The quantitative estimate of drug-likeness (QED) is 0.534. The fraction of sp³-hybridized carbons (Fsp3) is 0.353. The van der Waals surface area contributed by atoms with E-state index in [1.54, 1.807) is 5.38 Å². The topological polar surface area (TPSA) is 126 Å². The van der Waals surface area contributed by atoms with Crippen LogP contribution in [0.5, 0.6) is 5.75 Å². The monoisotopic (exact) mass is 444 g/mol. The Balaban J connectivity index is 1.99. The van der Waals surface area contributed by atoms with Gasteiger partial charge in [0.2, 0.25) is 10.0 Å². The molecule has 1 aromatic carbocycles. The fourth-order valence-electron chi connectivity index (χ4n) is 1.96. The zero-order valence-corrected chi connectivity index (χ0v) is 17.6. The van der Waals surface area contributed by atoms with Crippen LogP contribution in [0.4, 0.5) is 15.2 Å². The highest BCUT2D eigenvalue weighted by molar-refractivity contribution is 7.88. The summed E-state index contributed by atoms with van der Waals surface area (Å²) < 4.78 is 43.4. The molecule has 0 saturated heterocycles. The Bertz CT molecular complexity index is 991. The highest BCUT2D eigenvalue weighted by Gasteiger charge is 2.18. The fourth-order valence-corrected chi connectivity index (χ4v) is 3.07. The summed E-state index contributed by atoms with van der Waals surface area (Å²) in [4.78, 5) is 28.3. The largest absolute Gasteiger partial charge is 0.491 e. The van der Waals surface area contributed by atoms with Gasteiger partial charge >= 0.3 is 11.8 Å². The summed E-state index contributed by atoms with van der Waals surface area (Å²) in [6, 6.07) is 3.56. The van der Waals surface area contributed by atoms with Crippen molar-refractivity contribution >= 4 is 44.0 Å². The molecule has 0 spiro atoms. The van der Waals surface area contributed by atoms with Gasteiger partial charge in [0.1, 0.15) is 11.6 Å². The molecule has 2 aromatic rings. The first-order chi connectivity index (χ1) is 13.5. The number of nitrogens with one attached hydrogen (secondary N) is 3. The van der Waals surface area contributed by atoms with Gasteiger partial charge in [0.15, 0.2) is 5.13 Å². The molecule has 9 nitrogen and oxygen atoms in total. The maximum atomic E-state index is 13.5. The zero-order valence-electron chi connectivity index (χ0n) is 16.0.